The molecule has 7 nitrogen and oxygen atoms in total. The summed E-state index contributed by atoms with van der Waals surface area (Å²) in [5.74, 6) is -0.0917. The van der Waals surface area contributed by atoms with Crippen LogP contribution < -0.4 is 10.6 Å². The lowest BCUT2D eigenvalue weighted by Gasteiger charge is -2.25. The van der Waals surface area contributed by atoms with E-state index in [0.29, 0.717) is 25.7 Å². The van der Waals surface area contributed by atoms with Gasteiger partial charge in [0.15, 0.2) is 0 Å². The van der Waals surface area contributed by atoms with Crippen molar-refractivity contribution >= 4 is 12.0 Å². The molecule has 0 fully saturated rings. The van der Waals surface area contributed by atoms with Crippen LogP contribution in [0.2, 0.25) is 0 Å². The third-order valence-corrected chi connectivity index (χ3v) is 7.88. The molecule has 45 heavy (non-hydrogen) atoms. The van der Waals surface area contributed by atoms with Crippen molar-refractivity contribution < 1.29 is 23.8 Å². The number of carbonyl (C=O) groups is 2. The number of alkyl carbamates (subject to hydrolysis) is 1. The maximum Gasteiger partial charge on any atom is 0.407 e. The molecular weight excluding hydrogens is 564 g/mol. The quantitative estimate of drug-likeness (QED) is 0.155. The lowest BCUT2D eigenvalue weighted by Crippen LogP contribution is -2.53. The van der Waals surface area contributed by atoms with Gasteiger partial charge in [0, 0.05) is 5.92 Å². The third kappa shape index (κ3) is 9.03. The minimum atomic E-state index is -0.951. The van der Waals surface area contributed by atoms with Crippen LogP contribution in [-0.4, -0.2) is 43.9 Å². The van der Waals surface area contributed by atoms with E-state index >= 15 is 0 Å². The summed E-state index contributed by atoms with van der Waals surface area (Å²) in [6.07, 6.45) is 0.0596. The molecule has 5 rings (SSSR count). The van der Waals surface area contributed by atoms with Crippen LogP contribution in [0.4, 0.5) is 4.79 Å². The van der Waals surface area contributed by atoms with Gasteiger partial charge in [-0.05, 0) is 45.7 Å². The Balaban J connectivity index is 1.22. The largest absolute Gasteiger partial charge is 0.449 e. The predicted molar refractivity (Wildman–Crippen MR) is 176 cm³/mol. The molecule has 0 spiro atoms. The van der Waals surface area contributed by atoms with Gasteiger partial charge < -0.3 is 24.8 Å². The molecule has 0 radical (unpaired) electrons. The predicted octanol–water partition coefficient (Wildman–Crippen LogP) is 6.86. The first-order chi connectivity index (χ1) is 22.0. The second-order valence-electron chi connectivity index (χ2n) is 11.9. The van der Waals surface area contributed by atoms with E-state index in [1.165, 1.54) is 0 Å². The van der Waals surface area contributed by atoms with Crippen LogP contribution in [0.3, 0.4) is 0 Å². The molecule has 4 aromatic rings. The van der Waals surface area contributed by atoms with E-state index < -0.39 is 12.1 Å². The van der Waals surface area contributed by atoms with E-state index in [1.807, 2.05) is 84.9 Å². The Morgan fingerprint density at radius 2 is 1.18 bits per heavy atom. The van der Waals surface area contributed by atoms with E-state index in [-0.39, 0.29) is 31.1 Å². The van der Waals surface area contributed by atoms with Crippen molar-refractivity contribution in [1.82, 2.24) is 10.6 Å². The Kier molecular flexibility index (Phi) is 11.4. The maximum absolute atomic E-state index is 13.6. The molecule has 1 aliphatic rings. The molecule has 234 valence electrons. The summed E-state index contributed by atoms with van der Waals surface area (Å²) in [6, 6.07) is 34.8. The van der Waals surface area contributed by atoms with Gasteiger partial charge in [0.25, 0.3) is 0 Å². The molecule has 1 aliphatic carbocycles. The van der Waals surface area contributed by atoms with Gasteiger partial charge in [-0.1, -0.05) is 123 Å². The first-order valence-corrected chi connectivity index (χ1v) is 15.6. The van der Waals surface area contributed by atoms with Gasteiger partial charge in [-0.15, -0.1) is 0 Å². The Morgan fingerprint density at radius 3 is 1.73 bits per heavy atom. The SMILES string of the molecule is CC(C)CC(COCc1ccccc1)NC(=O)C(COCc1ccccc1)NC(=O)OCC1c2ccccc2-c2ccccc21. The molecular formula is C38H42N2O5. The summed E-state index contributed by atoms with van der Waals surface area (Å²) in [6.45, 7) is 5.46. The Bertz CT molecular complexity index is 1480. The van der Waals surface area contributed by atoms with Gasteiger partial charge in [0.2, 0.25) is 5.91 Å². The highest BCUT2D eigenvalue weighted by Gasteiger charge is 2.30. The van der Waals surface area contributed by atoms with E-state index in [4.69, 9.17) is 14.2 Å². The van der Waals surface area contributed by atoms with Gasteiger partial charge in [-0.25, -0.2) is 4.79 Å². The maximum atomic E-state index is 13.6. The summed E-state index contributed by atoms with van der Waals surface area (Å²) in [5.41, 5.74) is 6.60. The molecule has 0 aromatic heterocycles. The van der Waals surface area contributed by atoms with Crippen molar-refractivity contribution in [2.45, 2.75) is 51.5 Å². The highest BCUT2D eigenvalue weighted by molar-refractivity contribution is 5.86. The minimum Gasteiger partial charge on any atom is -0.449 e. The van der Waals surface area contributed by atoms with Crippen molar-refractivity contribution in [1.29, 1.82) is 0 Å². The van der Waals surface area contributed by atoms with Gasteiger partial charge in [-0.3, -0.25) is 4.79 Å². The molecule has 7 heteroatoms. The normalized spacial score (nSPS) is 13.5. The van der Waals surface area contributed by atoms with Gasteiger partial charge >= 0.3 is 6.09 Å². The average Bonchev–Trinajstić information content (AvgIpc) is 3.37. The van der Waals surface area contributed by atoms with E-state index in [9.17, 15) is 9.59 Å². The fourth-order valence-corrected chi connectivity index (χ4v) is 5.77. The van der Waals surface area contributed by atoms with Gasteiger partial charge in [-0.2, -0.15) is 0 Å². The van der Waals surface area contributed by atoms with Crippen LogP contribution in [-0.2, 0) is 32.2 Å². The Labute approximate surface area is 265 Å². The Hall–Kier alpha value is -4.46. The number of hydrogen-bond donors (Lipinski definition) is 2. The van der Waals surface area contributed by atoms with Crippen LogP contribution >= 0.6 is 0 Å². The number of amides is 2. The van der Waals surface area contributed by atoms with E-state index in [1.54, 1.807) is 0 Å². The molecule has 0 aliphatic heterocycles. The number of hydrogen-bond acceptors (Lipinski definition) is 5. The zero-order chi connectivity index (χ0) is 31.4. The van der Waals surface area contributed by atoms with E-state index in [2.05, 4.69) is 48.7 Å². The number of rotatable bonds is 15. The van der Waals surface area contributed by atoms with E-state index in [0.717, 1.165) is 39.8 Å². The summed E-state index contributed by atoms with van der Waals surface area (Å²) in [7, 11) is 0. The topological polar surface area (TPSA) is 85.9 Å². The second-order valence-corrected chi connectivity index (χ2v) is 11.9. The van der Waals surface area contributed by atoms with Crippen LogP contribution in [0.1, 0.15) is 48.4 Å². The molecule has 0 heterocycles. The number of nitrogens with one attached hydrogen (secondary N) is 2. The minimum absolute atomic E-state index is 0.00973. The van der Waals surface area contributed by atoms with Gasteiger partial charge in [0.05, 0.1) is 32.5 Å². The van der Waals surface area contributed by atoms with Crippen LogP contribution in [0.5, 0.6) is 0 Å². The summed E-state index contributed by atoms with van der Waals surface area (Å²) in [4.78, 5) is 26.8. The molecule has 0 bridgehead atoms. The van der Waals surface area contributed by atoms with Crippen molar-refractivity contribution in [3.05, 3.63) is 131 Å². The molecule has 2 atom stereocenters. The Morgan fingerprint density at radius 1 is 0.667 bits per heavy atom. The standard InChI is InChI=1S/C38H42N2O5/c1-27(2)21-30(24-43-22-28-13-5-3-6-14-28)39-37(41)36(26-44-23-29-15-7-4-8-16-29)40-38(42)45-25-35-33-19-11-9-17-31(33)32-18-10-12-20-34(32)35/h3-20,27,30,35-36H,21-26H2,1-2H3,(H,39,41)(H,40,42). The highest BCUT2D eigenvalue weighted by atomic mass is 16.5. The molecule has 4 aromatic carbocycles. The smallest absolute Gasteiger partial charge is 0.407 e. The van der Waals surface area contributed by atoms with Crippen molar-refractivity contribution in [2.75, 3.05) is 19.8 Å². The molecule has 2 amide bonds. The van der Waals surface area contributed by atoms with Crippen molar-refractivity contribution in [2.24, 2.45) is 5.92 Å². The summed E-state index contributed by atoms with van der Waals surface area (Å²) >= 11 is 0. The van der Waals surface area contributed by atoms with Crippen LogP contribution in [0, 0.1) is 5.92 Å². The third-order valence-electron chi connectivity index (χ3n) is 7.88. The fraction of sp³-hybridized carbons (Fsp3) is 0.316. The zero-order valence-corrected chi connectivity index (χ0v) is 26.0. The van der Waals surface area contributed by atoms with Crippen LogP contribution in [0.25, 0.3) is 11.1 Å². The average molecular weight is 607 g/mol. The molecule has 0 saturated carbocycles. The first kappa shape index (κ1) is 31.9. The molecule has 2 unspecified atom stereocenters. The molecule has 2 N–H and O–H groups in total. The summed E-state index contributed by atoms with van der Waals surface area (Å²) in [5, 5.41) is 5.87. The number of ether oxygens (including phenoxy) is 3. The number of fused-ring (bicyclic) bond motifs is 3. The molecule has 0 saturated heterocycles. The lowest BCUT2D eigenvalue weighted by molar-refractivity contribution is -0.126. The van der Waals surface area contributed by atoms with Crippen LogP contribution in [0.15, 0.2) is 109 Å². The summed E-state index contributed by atoms with van der Waals surface area (Å²) < 4.78 is 17.7. The zero-order valence-electron chi connectivity index (χ0n) is 26.0. The number of carbonyl (C=O) groups excluding carboxylic acids is 2. The van der Waals surface area contributed by atoms with Crippen molar-refractivity contribution in [3.8, 4) is 11.1 Å². The fourth-order valence-electron chi connectivity index (χ4n) is 5.77. The number of benzene rings is 4. The second kappa shape index (κ2) is 16.0. The van der Waals surface area contributed by atoms with Crippen molar-refractivity contribution in [3.63, 3.8) is 0 Å². The first-order valence-electron chi connectivity index (χ1n) is 15.6. The lowest BCUT2D eigenvalue weighted by atomic mass is 9.98. The monoisotopic (exact) mass is 606 g/mol. The van der Waals surface area contributed by atoms with Gasteiger partial charge in [0.1, 0.15) is 12.6 Å². The highest BCUT2D eigenvalue weighted by Crippen LogP contribution is 2.44.